The average Bonchev–Trinajstić information content (AvgIpc) is 3.66. The third kappa shape index (κ3) is 4.39. The highest BCUT2D eigenvalue weighted by Crippen LogP contribution is 2.71. The maximum Gasteiger partial charge on any atom is 0.226 e. The topological polar surface area (TPSA) is 94.7 Å². The Labute approximate surface area is 211 Å². The van der Waals surface area contributed by atoms with E-state index in [1.54, 1.807) is 18.9 Å². The molecule has 6 fully saturated rings. The highest BCUT2D eigenvalue weighted by molar-refractivity contribution is 8.00. The number of amides is 2. The maximum atomic E-state index is 13.5. The number of ether oxygens (including phenoxy) is 1. The highest BCUT2D eigenvalue weighted by Gasteiger charge is 2.67. The fourth-order valence-corrected chi connectivity index (χ4v) is 8.78. The molecule has 10 unspecified atom stereocenters. The first kappa shape index (κ1) is 23.8. The Kier molecular flexibility index (Phi) is 6.34. The average molecular weight is 512 g/mol. The summed E-state index contributed by atoms with van der Waals surface area (Å²) in [7, 11) is 1.76. The number of hydrogen-bond acceptors (Lipinski definition) is 7. The summed E-state index contributed by atoms with van der Waals surface area (Å²) in [5, 5.41) is 14.0. The van der Waals surface area contributed by atoms with Gasteiger partial charge in [0, 0.05) is 56.5 Å². The van der Waals surface area contributed by atoms with Crippen LogP contribution in [0, 0.1) is 29.1 Å². The summed E-state index contributed by atoms with van der Waals surface area (Å²) in [6.07, 6.45) is 5.43. The first-order valence-electron chi connectivity index (χ1n) is 13.0. The smallest absolute Gasteiger partial charge is 0.226 e. The second-order valence-electron chi connectivity index (χ2n) is 11.6. The van der Waals surface area contributed by atoms with Crippen molar-refractivity contribution in [1.29, 1.82) is 0 Å². The van der Waals surface area contributed by atoms with Crippen LogP contribution in [-0.2, 0) is 14.3 Å². The van der Waals surface area contributed by atoms with Crippen LogP contribution >= 0.6 is 23.4 Å². The van der Waals surface area contributed by atoms with Gasteiger partial charge in [0.1, 0.15) is 5.50 Å². The summed E-state index contributed by atoms with van der Waals surface area (Å²) in [4.78, 5) is 28.4. The molecular formula is C24H38ClN5O3S. The summed E-state index contributed by atoms with van der Waals surface area (Å²) >= 11 is 8.23. The molecule has 0 aromatic rings. The van der Waals surface area contributed by atoms with Crippen molar-refractivity contribution in [3.63, 3.8) is 0 Å². The van der Waals surface area contributed by atoms with Crippen LogP contribution < -0.4 is 21.3 Å². The lowest BCUT2D eigenvalue weighted by Gasteiger charge is -2.45. The standard InChI is InChI=1S/C24H38ClN5O3S/c1-12-5-13(14-6-20(25)27-9-18(14)33-2)15(8-26-12)21(31)29-23-28-17-10-30(11-19(17)34-23)22(32)16-7-24(16)3-4-24/h12-20,23,26-28H,3-11H2,1-2H3,(H,29,31). The number of rotatable bonds is 5. The van der Waals surface area contributed by atoms with Gasteiger partial charge in [0.2, 0.25) is 11.8 Å². The molecule has 4 aliphatic heterocycles. The SMILES string of the molecule is COC1CNC(Cl)CC1C1CC(C)NCC1C(=O)NC1NC2CN(C(=O)C3CC34CC4)CC2S1. The molecule has 0 aromatic carbocycles. The van der Waals surface area contributed by atoms with Gasteiger partial charge in [0.05, 0.1) is 17.5 Å². The van der Waals surface area contributed by atoms with Gasteiger partial charge in [-0.3, -0.25) is 20.2 Å². The number of halogens is 1. The molecule has 0 aromatic heterocycles. The predicted molar refractivity (Wildman–Crippen MR) is 132 cm³/mol. The first-order valence-corrected chi connectivity index (χ1v) is 14.4. The van der Waals surface area contributed by atoms with E-state index in [1.807, 2.05) is 0 Å². The third-order valence-corrected chi connectivity index (χ3v) is 11.1. The normalized spacial score (nSPS) is 46.9. The van der Waals surface area contributed by atoms with Crippen molar-refractivity contribution in [2.75, 3.05) is 33.3 Å². The second kappa shape index (κ2) is 9.06. The fraction of sp³-hybridized carbons (Fsp3) is 0.917. The van der Waals surface area contributed by atoms with Crippen molar-refractivity contribution in [2.45, 2.75) is 73.5 Å². The van der Waals surface area contributed by atoms with E-state index in [-0.39, 0.29) is 46.8 Å². The summed E-state index contributed by atoms with van der Waals surface area (Å²) in [6.45, 7) is 5.16. The van der Waals surface area contributed by atoms with Crippen LogP contribution in [0.25, 0.3) is 0 Å². The van der Waals surface area contributed by atoms with Gasteiger partial charge in [0.25, 0.3) is 0 Å². The minimum atomic E-state index is -0.105. The number of methoxy groups -OCH3 is 1. The maximum absolute atomic E-state index is 13.5. The van der Waals surface area contributed by atoms with Gasteiger partial charge < -0.3 is 20.3 Å². The molecule has 8 nitrogen and oxygen atoms in total. The van der Waals surface area contributed by atoms with Gasteiger partial charge >= 0.3 is 0 Å². The third-order valence-electron chi connectivity index (χ3n) is 9.42. The zero-order chi connectivity index (χ0) is 23.6. The Morgan fingerprint density at radius 2 is 1.97 bits per heavy atom. The van der Waals surface area contributed by atoms with Crippen molar-refractivity contribution in [3.05, 3.63) is 0 Å². The molecule has 4 saturated heterocycles. The van der Waals surface area contributed by atoms with Crippen LogP contribution in [0.4, 0.5) is 0 Å². The van der Waals surface area contributed by atoms with Gasteiger partial charge in [-0.1, -0.05) is 0 Å². The predicted octanol–water partition coefficient (Wildman–Crippen LogP) is 0.906. The lowest BCUT2D eigenvalue weighted by atomic mass is 9.70. The molecule has 6 rings (SSSR count). The van der Waals surface area contributed by atoms with Gasteiger partial charge in [-0.15, -0.1) is 23.4 Å². The number of thioether (sulfide) groups is 1. The molecule has 0 radical (unpaired) electrons. The van der Waals surface area contributed by atoms with E-state index in [1.165, 1.54) is 12.8 Å². The summed E-state index contributed by atoms with van der Waals surface area (Å²) < 4.78 is 5.80. The lowest BCUT2D eigenvalue weighted by Crippen LogP contribution is -2.57. The monoisotopic (exact) mass is 511 g/mol. The quantitative estimate of drug-likeness (QED) is 0.322. The summed E-state index contributed by atoms with van der Waals surface area (Å²) in [6, 6.07) is 0.631. The number of nitrogens with one attached hydrogen (secondary N) is 4. The van der Waals surface area contributed by atoms with E-state index in [0.717, 1.165) is 38.9 Å². The molecule has 10 atom stereocenters. The Hall–Kier alpha value is -0.580. The van der Waals surface area contributed by atoms with Crippen LogP contribution in [0.3, 0.4) is 0 Å². The minimum absolute atomic E-state index is 0.0729. The number of likely N-dealkylation sites (tertiary alicyclic amines) is 1. The van der Waals surface area contributed by atoms with Crippen molar-refractivity contribution < 1.29 is 14.3 Å². The van der Waals surface area contributed by atoms with E-state index in [2.05, 4.69) is 33.1 Å². The summed E-state index contributed by atoms with van der Waals surface area (Å²) in [5.41, 5.74) is 0.239. The van der Waals surface area contributed by atoms with Crippen molar-refractivity contribution >= 4 is 35.2 Å². The Morgan fingerprint density at radius 3 is 2.68 bits per heavy atom. The van der Waals surface area contributed by atoms with E-state index in [4.69, 9.17) is 16.3 Å². The van der Waals surface area contributed by atoms with Gasteiger partial charge in [-0.2, -0.15) is 0 Å². The number of carbonyl (C=O) groups is 2. The number of fused-ring (bicyclic) bond motifs is 1. The minimum Gasteiger partial charge on any atom is -0.380 e. The molecule has 34 heavy (non-hydrogen) atoms. The molecule has 0 bridgehead atoms. The summed E-state index contributed by atoms with van der Waals surface area (Å²) in [5.74, 6) is 1.16. The van der Waals surface area contributed by atoms with Crippen molar-refractivity contribution in [3.8, 4) is 0 Å². The number of alkyl halides is 1. The van der Waals surface area contributed by atoms with Crippen LogP contribution in [0.2, 0.25) is 0 Å². The molecule has 2 saturated carbocycles. The zero-order valence-corrected chi connectivity index (χ0v) is 21.7. The van der Waals surface area contributed by atoms with Crippen LogP contribution in [0.1, 0.15) is 39.0 Å². The number of nitrogens with zero attached hydrogens (tertiary/aromatic N) is 1. The molecule has 2 aliphatic carbocycles. The van der Waals surface area contributed by atoms with E-state index >= 15 is 0 Å². The van der Waals surface area contributed by atoms with Crippen molar-refractivity contribution in [1.82, 2.24) is 26.2 Å². The molecular weight excluding hydrogens is 474 g/mol. The Balaban J connectivity index is 1.05. The molecule has 4 heterocycles. The van der Waals surface area contributed by atoms with Gasteiger partial charge in [0.15, 0.2) is 0 Å². The Bertz CT molecular complexity index is 816. The lowest BCUT2D eigenvalue weighted by molar-refractivity contribution is -0.132. The van der Waals surface area contributed by atoms with Crippen LogP contribution in [0.5, 0.6) is 0 Å². The number of hydrogen-bond donors (Lipinski definition) is 4. The molecule has 190 valence electrons. The largest absolute Gasteiger partial charge is 0.380 e. The number of piperidine rings is 2. The van der Waals surface area contributed by atoms with Gasteiger partial charge in [-0.05, 0) is 56.3 Å². The van der Waals surface area contributed by atoms with E-state index in [9.17, 15) is 9.59 Å². The molecule has 1 spiro atoms. The molecule has 6 aliphatic rings. The van der Waals surface area contributed by atoms with E-state index < -0.39 is 0 Å². The number of carbonyl (C=O) groups excluding carboxylic acids is 2. The first-order chi connectivity index (χ1) is 16.4. The molecule has 10 heteroatoms. The van der Waals surface area contributed by atoms with Crippen LogP contribution in [-0.4, -0.2) is 84.4 Å². The van der Waals surface area contributed by atoms with E-state index in [0.29, 0.717) is 35.1 Å². The van der Waals surface area contributed by atoms with Gasteiger partial charge in [-0.25, -0.2) is 0 Å². The highest BCUT2D eigenvalue weighted by atomic mass is 35.5. The second-order valence-corrected chi connectivity index (χ2v) is 13.4. The van der Waals surface area contributed by atoms with Crippen LogP contribution in [0.15, 0.2) is 0 Å². The Morgan fingerprint density at radius 1 is 1.15 bits per heavy atom. The van der Waals surface area contributed by atoms with Crippen molar-refractivity contribution in [2.24, 2.45) is 29.1 Å². The zero-order valence-electron chi connectivity index (χ0n) is 20.1. The molecule has 2 amide bonds. The molecule has 4 N–H and O–H groups in total. The fourth-order valence-electron chi connectivity index (χ4n) is 7.08.